The van der Waals surface area contributed by atoms with Crippen molar-refractivity contribution in [3.63, 3.8) is 0 Å². The van der Waals surface area contributed by atoms with E-state index in [2.05, 4.69) is 21.3 Å². The molecule has 6 heteroatoms. The minimum absolute atomic E-state index is 0.0920. The quantitative estimate of drug-likeness (QED) is 0.896. The van der Waals surface area contributed by atoms with Gasteiger partial charge in [0.25, 0.3) is 5.91 Å². The maximum Gasteiger partial charge on any atom is 0.253 e. The van der Waals surface area contributed by atoms with Crippen LogP contribution in [0.2, 0.25) is 0 Å². The number of pyridine rings is 1. The lowest BCUT2D eigenvalue weighted by Crippen LogP contribution is -2.46. The van der Waals surface area contributed by atoms with Crippen LogP contribution in [0.5, 0.6) is 0 Å². The molecule has 0 aliphatic carbocycles. The number of amides is 1. The van der Waals surface area contributed by atoms with Crippen molar-refractivity contribution in [1.29, 1.82) is 5.26 Å². The van der Waals surface area contributed by atoms with Crippen molar-refractivity contribution in [2.24, 2.45) is 0 Å². The van der Waals surface area contributed by atoms with Crippen LogP contribution >= 0.6 is 0 Å². The van der Waals surface area contributed by atoms with Crippen LogP contribution in [0.3, 0.4) is 0 Å². The van der Waals surface area contributed by atoms with Crippen molar-refractivity contribution in [2.75, 3.05) is 25.1 Å². The number of carbonyl (C=O) groups excluding carboxylic acids is 1. The number of aromatic nitrogens is 1. The van der Waals surface area contributed by atoms with E-state index in [9.17, 15) is 10.1 Å². The van der Waals surface area contributed by atoms with Crippen molar-refractivity contribution < 1.29 is 9.53 Å². The molecule has 134 valence electrons. The highest BCUT2D eigenvalue weighted by atomic mass is 16.5. The minimum atomic E-state index is -0.602. The molecular weight excluding hydrogens is 328 g/mol. The van der Waals surface area contributed by atoms with E-state index in [1.54, 1.807) is 25.4 Å². The summed E-state index contributed by atoms with van der Waals surface area (Å²) in [5.74, 6) is 0.603. The third-order valence-corrected chi connectivity index (χ3v) is 4.62. The van der Waals surface area contributed by atoms with Crippen molar-refractivity contribution in [1.82, 2.24) is 10.3 Å². The van der Waals surface area contributed by atoms with Crippen LogP contribution in [-0.2, 0) is 9.53 Å². The van der Waals surface area contributed by atoms with E-state index < -0.39 is 6.10 Å². The van der Waals surface area contributed by atoms with E-state index in [-0.39, 0.29) is 11.9 Å². The molecule has 1 saturated heterocycles. The second-order valence-corrected chi connectivity index (χ2v) is 6.28. The van der Waals surface area contributed by atoms with E-state index in [1.165, 1.54) is 0 Å². The summed E-state index contributed by atoms with van der Waals surface area (Å²) < 4.78 is 5.39. The second kappa shape index (κ2) is 8.45. The molecule has 0 bridgehead atoms. The van der Waals surface area contributed by atoms with Gasteiger partial charge < -0.3 is 15.0 Å². The first-order chi connectivity index (χ1) is 12.7. The Kier molecular flexibility index (Phi) is 5.82. The highest BCUT2D eigenvalue weighted by Gasteiger charge is 2.26. The predicted molar refractivity (Wildman–Crippen MR) is 98.5 cm³/mol. The Labute approximate surface area is 153 Å². The van der Waals surface area contributed by atoms with Gasteiger partial charge in [-0.2, -0.15) is 5.26 Å². The van der Waals surface area contributed by atoms with Crippen LogP contribution in [0, 0.1) is 11.3 Å². The number of benzene rings is 1. The number of methoxy groups -OCH3 is 1. The first-order valence-corrected chi connectivity index (χ1v) is 8.71. The SMILES string of the molecule is CO[C@H](C(=O)NC1CCN(c2ncccc2C#N)CC1)c1ccccc1. The molecule has 0 radical (unpaired) electrons. The standard InChI is InChI=1S/C20H22N4O2/c1-26-18(15-6-3-2-4-7-15)20(25)23-17-9-12-24(13-10-17)19-16(14-21)8-5-11-22-19/h2-8,11,17-18H,9-10,12-13H2,1H3,(H,23,25)/t18-/m0/s1. The van der Waals surface area contributed by atoms with E-state index in [0.29, 0.717) is 5.56 Å². The maximum absolute atomic E-state index is 12.6. The number of anilines is 1. The summed E-state index contributed by atoms with van der Waals surface area (Å²) in [4.78, 5) is 19.0. The highest BCUT2D eigenvalue weighted by molar-refractivity contribution is 5.82. The average molecular weight is 350 g/mol. The number of rotatable bonds is 5. The number of hydrogen-bond acceptors (Lipinski definition) is 5. The zero-order chi connectivity index (χ0) is 18.4. The number of nitrogens with one attached hydrogen (secondary N) is 1. The van der Waals surface area contributed by atoms with E-state index >= 15 is 0 Å². The van der Waals surface area contributed by atoms with Crippen LogP contribution in [-0.4, -0.2) is 37.1 Å². The van der Waals surface area contributed by atoms with Gasteiger partial charge in [0.1, 0.15) is 11.9 Å². The summed E-state index contributed by atoms with van der Waals surface area (Å²) in [7, 11) is 1.55. The fourth-order valence-electron chi connectivity index (χ4n) is 3.27. The van der Waals surface area contributed by atoms with Crippen molar-refractivity contribution >= 4 is 11.7 Å². The number of carbonyl (C=O) groups is 1. The lowest BCUT2D eigenvalue weighted by molar-refractivity contribution is -0.132. The van der Waals surface area contributed by atoms with Gasteiger partial charge in [-0.3, -0.25) is 4.79 Å². The number of piperidine rings is 1. The predicted octanol–water partition coefficient (Wildman–Crippen LogP) is 2.43. The molecule has 6 nitrogen and oxygen atoms in total. The van der Waals surface area contributed by atoms with Crippen LogP contribution in [0.4, 0.5) is 5.82 Å². The van der Waals surface area contributed by atoms with Gasteiger partial charge in [0, 0.05) is 32.4 Å². The molecule has 1 aromatic carbocycles. The largest absolute Gasteiger partial charge is 0.367 e. The van der Waals surface area contributed by atoms with Gasteiger partial charge in [0.15, 0.2) is 6.10 Å². The lowest BCUT2D eigenvalue weighted by atomic mass is 10.0. The number of hydrogen-bond donors (Lipinski definition) is 1. The molecule has 0 spiro atoms. The summed E-state index contributed by atoms with van der Waals surface area (Å²) in [5.41, 5.74) is 1.43. The van der Waals surface area contributed by atoms with Crippen LogP contribution in [0.25, 0.3) is 0 Å². The second-order valence-electron chi connectivity index (χ2n) is 6.28. The number of ether oxygens (including phenoxy) is 1. The lowest BCUT2D eigenvalue weighted by Gasteiger charge is -2.34. The molecule has 3 rings (SSSR count). The molecule has 0 saturated carbocycles. The summed E-state index contributed by atoms with van der Waals surface area (Å²) in [6.07, 6.45) is 2.71. The zero-order valence-corrected chi connectivity index (χ0v) is 14.8. The molecule has 1 aromatic heterocycles. The monoisotopic (exact) mass is 350 g/mol. The average Bonchev–Trinajstić information content (AvgIpc) is 2.70. The molecular formula is C20H22N4O2. The Morgan fingerprint density at radius 2 is 2.00 bits per heavy atom. The molecule has 2 heterocycles. The fraction of sp³-hybridized carbons (Fsp3) is 0.350. The molecule has 26 heavy (non-hydrogen) atoms. The molecule has 0 unspecified atom stereocenters. The van der Waals surface area contributed by atoms with Crippen molar-refractivity contribution in [3.05, 3.63) is 59.8 Å². The topological polar surface area (TPSA) is 78.2 Å². The molecule has 1 aliphatic heterocycles. The third-order valence-electron chi connectivity index (χ3n) is 4.62. The van der Waals surface area contributed by atoms with Gasteiger partial charge in [-0.25, -0.2) is 4.98 Å². The Morgan fingerprint density at radius 1 is 1.27 bits per heavy atom. The first-order valence-electron chi connectivity index (χ1n) is 8.71. The number of nitriles is 1. The first kappa shape index (κ1) is 17.9. The summed E-state index contributed by atoms with van der Waals surface area (Å²) in [6.45, 7) is 1.50. The summed E-state index contributed by atoms with van der Waals surface area (Å²) in [6, 6.07) is 15.3. The number of nitrogens with zero attached hydrogens (tertiary/aromatic N) is 3. The Hall–Kier alpha value is -2.91. The molecule has 1 atom stereocenters. The van der Waals surface area contributed by atoms with Gasteiger partial charge in [-0.05, 0) is 30.5 Å². The Balaban J connectivity index is 1.58. The normalized spacial score (nSPS) is 15.9. The molecule has 2 aromatic rings. The summed E-state index contributed by atoms with van der Waals surface area (Å²) in [5, 5.41) is 12.3. The van der Waals surface area contributed by atoms with Crippen LogP contribution in [0.15, 0.2) is 48.7 Å². The molecule has 1 N–H and O–H groups in total. The maximum atomic E-state index is 12.6. The zero-order valence-electron chi connectivity index (χ0n) is 14.8. The van der Waals surface area contributed by atoms with Gasteiger partial charge in [-0.15, -0.1) is 0 Å². The van der Waals surface area contributed by atoms with Gasteiger partial charge >= 0.3 is 0 Å². The van der Waals surface area contributed by atoms with Crippen LogP contribution in [0.1, 0.15) is 30.1 Å². The van der Waals surface area contributed by atoms with E-state index in [4.69, 9.17) is 4.74 Å². The third kappa shape index (κ3) is 4.01. The molecule has 1 amide bonds. The van der Waals surface area contributed by atoms with Crippen LogP contribution < -0.4 is 10.2 Å². The summed E-state index contributed by atoms with van der Waals surface area (Å²) >= 11 is 0. The van der Waals surface area contributed by atoms with Crippen molar-refractivity contribution in [2.45, 2.75) is 25.0 Å². The minimum Gasteiger partial charge on any atom is -0.367 e. The Morgan fingerprint density at radius 3 is 2.65 bits per heavy atom. The van der Waals surface area contributed by atoms with Crippen molar-refractivity contribution in [3.8, 4) is 6.07 Å². The van der Waals surface area contributed by atoms with Gasteiger partial charge in [0.05, 0.1) is 5.56 Å². The molecule has 1 aliphatic rings. The highest BCUT2D eigenvalue weighted by Crippen LogP contribution is 2.22. The smallest absolute Gasteiger partial charge is 0.253 e. The van der Waals surface area contributed by atoms with E-state index in [0.717, 1.165) is 37.3 Å². The molecule has 1 fully saturated rings. The Bertz CT molecular complexity index is 780. The fourth-order valence-corrected chi connectivity index (χ4v) is 3.27. The van der Waals surface area contributed by atoms with Gasteiger partial charge in [0.2, 0.25) is 0 Å². The van der Waals surface area contributed by atoms with E-state index in [1.807, 2.05) is 30.3 Å². The van der Waals surface area contributed by atoms with Gasteiger partial charge in [-0.1, -0.05) is 30.3 Å².